The van der Waals surface area contributed by atoms with Crippen molar-refractivity contribution in [3.8, 4) is 5.75 Å². The van der Waals surface area contributed by atoms with Crippen LogP contribution in [0.1, 0.15) is 25.7 Å². The highest BCUT2D eigenvalue weighted by Gasteiger charge is 2.26. The first-order valence-corrected chi connectivity index (χ1v) is 9.23. The Morgan fingerprint density at radius 1 is 1.21 bits per heavy atom. The zero-order valence-corrected chi connectivity index (χ0v) is 14.5. The number of nitrogens with one attached hydrogen (secondary N) is 1. The van der Waals surface area contributed by atoms with Gasteiger partial charge in [-0.15, -0.1) is 0 Å². The van der Waals surface area contributed by atoms with Crippen LogP contribution in [0.5, 0.6) is 5.75 Å². The van der Waals surface area contributed by atoms with Crippen LogP contribution in [-0.4, -0.2) is 67.6 Å². The van der Waals surface area contributed by atoms with Crippen molar-refractivity contribution in [2.24, 2.45) is 0 Å². The van der Waals surface area contributed by atoms with Gasteiger partial charge in [0, 0.05) is 25.7 Å². The van der Waals surface area contributed by atoms with Crippen molar-refractivity contribution in [2.45, 2.75) is 31.7 Å². The van der Waals surface area contributed by atoms with Crippen LogP contribution in [0.3, 0.4) is 0 Å². The van der Waals surface area contributed by atoms with Crippen LogP contribution in [0.15, 0.2) is 30.3 Å². The third-order valence-electron chi connectivity index (χ3n) is 4.99. The van der Waals surface area contributed by atoms with E-state index in [4.69, 9.17) is 4.74 Å². The zero-order chi connectivity index (χ0) is 16.6. The van der Waals surface area contributed by atoms with Crippen molar-refractivity contribution in [2.75, 3.05) is 45.9 Å². The average Bonchev–Trinajstić information content (AvgIpc) is 3.15. The van der Waals surface area contributed by atoms with Gasteiger partial charge in [-0.1, -0.05) is 18.2 Å². The van der Waals surface area contributed by atoms with Gasteiger partial charge in [0.05, 0.1) is 0 Å². The minimum Gasteiger partial charge on any atom is -0.484 e. The molecular formula is C19H29N3O2. The lowest BCUT2D eigenvalue weighted by atomic mass is 10.1. The van der Waals surface area contributed by atoms with Gasteiger partial charge in [0.1, 0.15) is 5.75 Å². The molecule has 1 aromatic carbocycles. The second-order valence-electron chi connectivity index (χ2n) is 6.74. The Bertz CT molecular complexity index is 497. The molecule has 0 saturated carbocycles. The summed E-state index contributed by atoms with van der Waals surface area (Å²) in [5.74, 6) is 0.860. The maximum Gasteiger partial charge on any atom is 0.260 e. The number of benzene rings is 1. The molecule has 2 heterocycles. The maximum absolute atomic E-state index is 12.8. The van der Waals surface area contributed by atoms with Crippen molar-refractivity contribution >= 4 is 5.91 Å². The SMILES string of the molecule is O=C(COc1ccccc1)N(CCN1CCCC1)C1CCCNC1. The molecule has 2 aliphatic rings. The van der Waals surface area contributed by atoms with Crippen LogP contribution in [0.25, 0.3) is 0 Å². The molecule has 0 aliphatic carbocycles. The molecule has 1 amide bonds. The third-order valence-corrected chi connectivity index (χ3v) is 4.99. The van der Waals surface area contributed by atoms with Crippen molar-refractivity contribution in [3.63, 3.8) is 0 Å². The van der Waals surface area contributed by atoms with Gasteiger partial charge in [-0.2, -0.15) is 0 Å². The highest BCUT2D eigenvalue weighted by atomic mass is 16.5. The van der Waals surface area contributed by atoms with E-state index in [-0.39, 0.29) is 12.5 Å². The molecule has 1 aromatic rings. The highest BCUT2D eigenvalue weighted by Crippen LogP contribution is 2.14. The van der Waals surface area contributed by atoms with E-state index in [1.165, 1.54) is 25.9 Å². The molecule has 5 nitrogen and oxygen atoms in total. The van der Waals surface area contributed by atoms with Crippen molar-refractivity contribution in [3.05, 3.63) is 30.3 Å². The lowest BCUT2D eigenvalue weighted by Gasteiger charge is -2.35. The molecule has 132 valence electrons. The minimum absolute atomic E-state index is 0.103. The molecular weight excluding hydrogens is 302 g/mol. The number of carbonyl (C=O) groups is 1. The van der Waals surface area contributed by atoms with Crippen LogP contribution in [-0.2, 0) is 4.79 Å². The Balaban J connectivity index is 1.55. The minimum atomic E-state index is 0.103. The van der Waals surface area contributed by atoms with E-state index in [0.717, 1.165) is 44.8 Å². The van der Waals surface area contributed by atoms with E-state index in [1.54, 1.807) is 0 Å². The molecule has 0 spiro atoms. The molecule has 2 fully saturated rings. The van der Waals surface area contributed by atoms with Gasteiger partial charge in [0.15, 0.2) is 6.61 Å². The van der Waals surface area contributed by atoms with E-state index in [0.29, 0.717) is 6.04 Å². The van der Waals surface area contributed by atoms with E-state index in [2.05, 4.69) is 10.2 Å². The number of piperidine rings is 1. The van der Waals surface area contributed by atoms with Crippen molar-refractivity contribution in [1.82, 2.24) is 15.1 Å². The second-order valence-corrected chi connectivity index (χ2v) is 6.74. The Kier molecular flexibility index (Phi) is 6.49. The number of likely N-dealkylation sites (tertiary alicyclic amines) is 1. The third kappa shape index (κ3) is 4.95. The Hall–Kier alpha value is -1.59. The summed E-state index contributed by atoms with van der Waals surface area (Å²) in [7, 11) is 0. The molecule has 24 heavy (non-hydrogen) atoms. The number of hydrogen-bond donors (Lipinski definition) is 1. The van der Waals surface area contributed by atoms with Gasteiger partial charge in [-0.3, -0.25) is 4.79 Å². The number of ether oxygens (including phenoxy) is 1. The number of carbonyl (C=O) groups excluding carboxylic acids is 1. The molecule has 1 unspecified atom stereocenters. The van der Waals surface area contributed by atoms with Gasteiger partial charge in [0.2, 0.25) is 0 Å². The summed E-state index contributed by atoms with van der Waals surface area (Å²) in [4.78, 5) is 17.3. The maximum atomic E-state index is 12.8. The molecule has 2 saturated heterocycles. The monoisotopic (exact) mass is 331 g/mol. The lowest BCUT2D eigenvalue weighted by molar-refractivity contribution is -0.136. The lowest BCUT2D eigenvalue weighted by Crippen LogP contribution is -2.52. The number of para-hydroxylation sites is 1. The predicted molar refractivity (Wildman–Crippen MR) is 95.2 cm³/mol. The van der Waals surface area contributed by atoms with Crippen LogP contribution in [0.2, 0.25) is 0 Å². The molecule has 1 atom stereocenters. The highest BCUT2D eigenvalue weighted by molar-refractivity contribution is 5.78. The fourth-order valence-corrected chi connectivity index (χ4v) is 3.61. The Morgan fingerprint density at radius 3 is 2.71 bits per heavy atom. The summed E-state index contributed by atoms with van der Waals surface area (Å²) in [6, 6.07) is 9.89. The molecule has 0 bridgehead atoms. The molecule has 0 aromatic heterocycles. The quantitative estimate of drug-likeness (QED) is 0.827. The molecule has 0 radical (unpaired) electrons. The normalized spacial score (nSPS) is 21.6. The van der Waals surface area contributed by atoms with E-state index in [1.807, 2.05) is 35.2 Å². The number of amides is 1. The topological polar surface area (TPSA) is 44.8 Å². The number of rotatable bonds is 7. The van der Waals surface area contributed by atoms with Gasteiger partial charge in [-0.25, -0.2) is 0 Å². The van der Waals surface area contributed by atoms with Crippen molar-refractivity contribution in [1.29, 1.82) is 0 Å². The second kappa shape index (κ2) is 9.04. The summed E-state index contributed by atoms with van der Waals surface area (Å²) in [6.07, 6.45) is 4.80. The number of nitrogens with zero attached hydrogens (tertiary/aromatic N) is 2. The van der Waals surface area contributed by atoms with Gasteiger partial charge < -0.3 is 19.9 Å². The summed E-state index contributed by atoms with van der Waals surface area (Å²) in [5, 5.41) is 3.42. The van der Waals surface area contributed by atoms with Gasteiger partial charge >= 0.3 is 0 Å². The fraction of sp³-hybridized carbons (Fsp3) is 0.632. The standard InChI is InChI=1S/C19H29N3O2/c23-19(16-24-18-8-2-1-3-9-18)22(17-7-6-10-20-15-17)14-13-21-11-4-5-12-21/h1-3,8-9,17,20H,4-7,10-16H2. The average molecular weight is 331 g/mol. The van der Waals surface area contributed by atoms with Crippen LogP contribution in [0.4, 0.5) is 0 Å². The summed E-state index contributed by atoms with van der Waals surface area (Å²) in [6.45, 7) is 6.22. The van der Waals surface area contributed by atoms with Crippen LogP contribution < -0.4 is 10.1 Å². The van der Waals surface area contributed by atoms with E-state index >= 15 is 0 Å². The predicted octanol–water partition coefficient (Wildman–Crippen LogP) is 1.74. The summed E-state index contributed by atoms with van der Waals surface area (Å²) >= 11 is 0. The fourth-order valence-electron chi connectivity index (χ4n) is 3.61. The summed E-state index contributed by atoms with van der Waals surface area (Å²) in [5.41, 5.74) is 0. The molecule has 5 heteroatoms. The Labute approximate surface area is 145 Å². The molecule has 3 rings (SSSR count). The Morgan fingerprint density at radius 2 is 2.00 bits per heavy atom. The van der Waals surface area contributed by atoms with E-state index in [9.17, 15) is 4.79 Å². The summed E-state index contributed by atoms with van der Waals surface area (Å²) < 4.78 is 5.69. The number of hydrogen-bond acceptors (Lipinski definition) is 4. The zero-order valence-electron chi connectivity index (χ0n) is 14.5. The van der Waals surface area contributed by atoms with E-state index < -0.39 is 0 Å². The van der Waals surface area contributed by atoms with Crippen molar-refractivity contribution < 1.29 is 9.53 Å². The largest absolute Gasteiger partial charge is 0.484 e. The van der Waals surface area contributed by atoms with Crippen LogP contribution >= 0.6 is 0 Å². The first kappa shape index (κ1) is 17.2. The van der Waals surface area contributed by atoms with Crippen LogP contribution in [0, 0.1) is 0 Å². The molecule has 1 N–H and O–H groups in total. The van der Waals surface area contributed by atoms with Gasteiger partial charge in [-0.05, 0) is 57.5 Å². The first-order chi connectivity index (χ1) is 11.8. The van der Waals surface area contributed by atoms with Gasteiger partial charge in [0.25, 0.3) is 5.91 Å². The first-order valence-electron chi connectivity index (χ1n) is 9.23. The molecule has 2 aliphatic heterocycles. The smallest absolute Gasteiger partial charge is 0.260 e.